The first-order chi connectivity index (χ1) is 5.21. The van der Waals surface area contributed by atoms with Gasteiger partial charge >= 0.3 is 0 Å². The van der Waals surface area contributed by atoms with E-state index in [1.807, 2.05) is 11.3 Å². The highest BCUT2D eigenvalue weighted by molar-refractivity contribution is 7.09. The summed E-state index contributed by atoms with van der Waals surface area (Å²) in [6, 6.07) is 4.26. The van der Waals surface area contributed by atoms with Crippen molar-refractivity contribution in [3.05, 3.63) is 22.4 Å². The van der Waals surface area contributed by atoms with E-state index in [9.17, 15) is 0 Å². The Morgan fingerprint density at radius 1 is 1.82 bits per heavy atom. The van der Waals surface area contributed by atoms with Gasteiger partial charge in [-0.25, -0.2) is 0 Å². The van der Waals surface area contributed by atoms with Crippen LogP contribution in [0.3, 0.4) is 0 Å². The zero-order chi connectivity index (χ0) is 7.90. The topological polar surface area (TPSA) is 26.0 Å². The van der Waals surface area contributed by atoms with Gasteiger partial charge in [0.15, 0.2) is 0 Å². The van der Waals surface area contributed by atoms with Gasteiger partial charge in [-0.1, -0.05) is 13.0 Å². The van der Waals surface area contributed by atoms with E-state index in [0.717, 1.165) is 12.3 Å². The Hall–Kier alpha value is -0.340. The highest BCUT2D eigenvalue weighted by Crippen LogP contribution is 2.43. The fourth-order valence-electron chi connectivity index (χ4n) is 1.50. The molecule has 1 nitrogen and oxygen atoms in total. The van der Waals surface area contributed by atoms with Crippen molar-refractivity contribution in [2.24, 2.45) is 11.7 Å². The van der Waals surface area contributed by atoms with Gasteiger partial charge < -0.3 is 5.73 Å². The van der Waals surface area contributed by atoms with Gasteiger partial charge in [-0.2, -0.15) is 0 Å². The van der Waals surface area contributed by atoms with Crippen molar-refractivity contribution in [3.8, 4) is 0 Å². The minimum Gasteiger partial charge on any atom is -0.325 e. The van der Waals surface area contributed by atoms with E-state index in [1.54, 1.807) is 0 Å². The summed E-state index contributed by atoms with van der Waals surface area (Å²) >= 11 is 1.81. The van der Waals surface area contributed by atoms with Gasteiger partial charge in [-0.3, -0.25) is 0 Å². The predicted molar refractivity (Wildman–Crippen MR) is 48.7 cm³/mol. The summed E-state index contributed by atoms with van der Waals surface area (Å²) in [6.07, 6.45) is 2.27. The van der Waals surface area contributed by atoms with Gasteiger partial charge in [-0.15, -0.1) is 11.3 Å². The zero-order valence-corrected chi connectivity index (χ0v) is 7.53. The van der Waals surface area contributed by atoms with Crippen LogP contribution in [0, 0.1) is 5.92 Å². The van der Waals surface area contributed by atoms with Crippen molar-refractivity contribution in [3.63, 3.8) is 0 Å². The Morgan fingerprint density at radius 2 is 2.55 bits per heavy atom. The summed E-state index contributed by atoms with van der Waals surface area (Å²) in [4.78, 5) is 1.43. The normalized spacial score (nSPS) is 35.6. The molecule has 0 aliphatic heterocycles. The Kier molecular flexibility index (Phi) is 1.55. The van der Waals surface area contributed by atoms with E-state index in [2.05, 4.69) is 24.4 Å². The molecule has 1 aliphatic carbocycles. The molecule has 1 aliphatic rings. The van der Waals surface area contributed by atoms with Crippen molar-refractivity contribution in [1.29, 1.82) is 0 Å². The molecule has 2 heteroatoms. The lowest BCUT2D eigenvalue weighted by atomic mass is 10.1. The first-order valence-corrected chi connectivity index (χ1v) is 4.90. The number of hydrogen-bond donors (Lipinski definition) is 1. The van der Waals surface area contributed by atoms with Crippen molar-refractivity contribution >= 4 is 11.3 Å². The van der Waals surface area contributed by atoms with Crippen LogP contribution in [0.15, 0.2) is 17.5 Å². The van der Waals surface area contributed by atoms with E-state index in [0.29, 0.717) is 0 Å². The molecule has 60 valence electrons. The maximum atomic E-state index is 6.09. The molecule has 1 fully saturated rings. The third-order valence-electron chi connectivity index (χ3n) is 2.59. The van der Waals surface area contributed by atoms with Crippen LogP contribution >= 0.6 is 11.3 Å². The van der Waals surface area contributed by atoms with Gasteiger partial charge in [-0.05, 0) is 23.8 Å². The predicted octanol–water partition coefficient (Wildman–Crippen LogP) is 2.03. The van der Waals surface area contributed by atoms with E-state index in [1.165, 1.54) is 11.3 Å². The number of hydrogen-bond acceptors (Lipinski definition) is 2. The lowest BCUT2D eigenvalue weighted by Gasteiger charge is -2.06. The van der Waals surface area contributed by atoms with Crippen molar-refractivity contribution < 1.29 is 0 Å². The minimum atomic E-state index is 0.144. The number of rotatable bonds is 2. The van der Waals surface area contributed by atoms with E-state index >= 15 is 0 Å². The molecule has 0 amide bonds. The van der Waals surface area contributed by atoms with Gasteiger partial charge in [0.2, 0.25) is 0 Å². The zero-order valence-electron chi connectivity index (χ0n) is 6.71. The van der Waals surface area contributed by atoms with Gasteiger partial charge in [0, 0.05) is 16.8 Å². The molecular formula is C9H13NS. The van der Waals surface area contributed by atoms with Crippen LogP contribution in [0.2, 0.25) is 0 Å². The van der Waals surface area contributed by atoms with E-state index in [-0.39, 0.29) is 5.54 Å². The Bertz CT molecular complexity index is 242. The van der Waals surface area contributed by atoms with E-state index < -0.39 is 0 Å². The maximum absolute atomic E-state index is 6.09. The summed E-state index contributed by atoms with van der Waals surface area (Å²) in [5.41, 5.74) is 6.23. The SMILES string of the molecule is CC1CC1(N)Cc1cccs1. The molecule has 2 rings (SSSR count). The minimum absolute atomic E-state index is 0.144. The van der Waals surface area contributed by atoms with Crippen LogP contribution in [0.1, 0.15) is 18.2 Å². The maximum Gasteiger partial charge on any atom is 0.0232 e. The fourth-order valence-corrected chi connectivity index (χ4v) is 2.34. The van der Waals surface area contributed by atoms with Crippen LogP contribution in [0.25, 0.3) is 0 Å². The Labute approximate surface area is 71.2 Å². The van der Waals surface area contributed by atoms with Crippen LogP contribution in [0.5, 0.6) is 0 Å². The van der Waals surface area contributed by atoms with Gasteiger partial charge in [0.25, 0.3) is 0 Å². The standard InChI is InChI=1S/C9H13NS/c1-7-5-9(7,10)6-8-3-2-4-11-8/h2-4,7H,5-6,10H2,1H3. The first-order valence-electron chi connectivity index (χ1n) is 4.02. The third kappa shape index (κ3) is 1.33. The van der Waals surface area contributed by atoms with E-state index in [4.69, 9.17) is 5.73 Å². The number of nitrogens with two attached hydrogens (primary N) is 1. The second-order valence-corrected chi connectivity index (χ2v) is 4.63. The lowest BCUT2D eigenvalue weighted by Crippen LogP contribution is -2.26. The summed E-state index contributed by atoms with van der Waals surface area (Å²) < 4.78 is 0. The summed E-state index contributed by atoms with van der Waals surface area (Å²) in [5.74, 6) is 0.726. The largest absolute Gasteiger partial charge is 0.325 e. The Balaban J connectivity index is 2.02. The van der Waals surface area contributed by atoms with Crippen LogP contribution in [0.4, 0.5) is 0 Å². The molecule has 11 heavy (non-hydrogen) atoms. The van der Waals surface area contributed by atoms with Gasteiger partial charge in [0.05, 0.1) is 0 Å². The highest BCUT2D eigenvalue weighted by atomic mass is 32.1. The molecule has 2 unspecified atom stereocenters. The average Bonchev–Trinajstić information content (AvgIpc) is 2.43. The average molecular weight is 167 g/mol. The molecule has 0 saturated heterocycles. The highest BCUT2D eigenvalue weighted by Gasteiger charge is 2.47. The van der Waals surface area contributed by atoms with Crippen LogP contribution in [-0.4, -0.2) is 5.54 Å². The van der Waals surface area contributed by atoms with Crippen molar-refractivity contribution in [2.45, 2.75) is 25.3 Å². The second-order valence-electron chi connectivity index (χ2n) is 3.59. The third-order valence-corrected chi connectivity index (χ3v) is 3.47. The molecule has 1 heterocycles. The van der Waals surface area contributed by atoms with Crippen LogP contribution < -0.4 is 5.73 Å². The molecule has 0 spiro atoms. The molecule has 2 atom stereocenters. The molecule has 0 bridgehead atoms. The quantitative estimate of drug-likeness (QED) is 0.716. The molecule has 0 aromatic carbocycles. The van der Waals surface area contributed by atoms with Crippen molar-refractivity contribution in [2.75, 3.05) is 0 Å². The molecular weight excluding hydrogens is 154 g/mol. The first kappa shape index (κ1) is 7.32. The van der Waals surface area contributed by atoms with Crippen molar-refractivity contribution in [1.82, 2.24) is 0 Å². The fraction of sp³-hybridized carbons (Fsp3) is 0.556. The van der Waals surface area contributed by atoms with Gasteiger partial charge in [0.1, 0.15) is 0 Å². The monoisotopic (exact) mass is 167 g/mol. The molecule has 1 aromatic rings. The lowest BCUT2D eigenvalue weighted by molar-refractivity contribution is 0.620. The molecule has 1 aromatic heterocycles. The summed E-state index contributed by atoms with van der Waals surface area (Å²) in [7, 11) is 0. The smallest absolute Gasteiger partial charge is 0.0232 e. The van der Waals surface area contributed by atoms with Crippen LogP contribution in [-0.2, 0) is 6.42 Å². The summed E-state index contributed by atoms with van der Waals surface area (Å²) in [6.45, 7) is 2.23. The molecule has 2 N–H and O–H groups in total. The summed E-state index contributed by atoms with van der Waals surface area (Å²) in [5, 5.41) is 2.12. The second kappa shape index (κ2) is 2.32. The molecule has 0 radical (unpaired) electrons. The number of thiophene rings is 1. The Morgan fingerprint density at radius 3 is 3.00 bits per heavy atom. The molecule has 1 saturated carbocycles.